The first-order chi connectivity index (χ1) is 12.8. The lowest BCUT2D eigenvalue weighted by atomic mass is 10.1. The van der Waals surface area contributed by atoms with E-state index in [2.05, 4.69) is 23.5 Å². The van der Waals surface area contributed by atoms with Gasteiger partial charge in [-0.25, -0.2) is 4.68 Å². The highest BCUT2D eigenvalue weighted by molar-refractivity contribution is 5.57. The van der Waals surface area contributed by atoms with E-state index in [4.69, 9.17) is 14.2 Å². The Kier molecular flexibility index (Phi) is 6.49. The van der Waals surface area contributed by atoms with Crippen LogP contribution in [0.15, 0.2) is 74.0 Å². The van der Waals surface area contributed by atoms with Crippen molar-refractivity contribution in [1.29, 1.82) is 0 Å². The van der Waals surface area contributed by atoms with Crippen molar-refractivity contribution < 1.29 is 14.2 Å². The van der Waals surface area contributed by atoms with Crippen LogP contribution in [0.4, 0.5) is 0 Å². The van der Waals surface area contributed by atoms with Crippen LogP contribution in [0.5, 0.6) is 0 Å². The first kappa shape index (κ1) is 18.3. The van der Waals surface area contributed by atoms with Gasteiger partial charge in [-0.1, -0.05) is 53.8 Å². The molecule has 0 amide bonds. The highest BCUT2D eigenvalue weighted by Crippen LogP contribution is 2.24. The van der Waals surface area contributed by atoms with Crippen LogP contribution in [0.3, 0.4) is 0 Å². The molecule has 6 heteroatoms. The Morgan fingerprint density at radius 1 is 1.12 bits per heavy atom. The van der Waals surface area contributed by atoms with Crippen molar-refractivity contribution in [3.63, 3.8) is 0 Å². The first-order valence-electron chi connectivity index (χ1n) is 8.54. The Balaban J connectivity index is 1.72. The van der Waals surface area contributed by atoms with Gasteiger partial charge in [0.1, 0.15) is 17.9 Å². The van der Waals surface area contributed by atoms with Crippen molar-refractivity contribution in [1.82, 2.24) is 15.0 Å². The predicted molar refractivity (Wildman–Crippen MR) is 99.5 cm³/mol. The van der Waals surface area contributed by atoms with E-state index < -0.39 is 0 Å². The van der Waals surface area contributed by atoms with Crippen LogP contribution in [-0.2, 0) is 14.2 Å². The molecule has 2 aromatic rings. The summed E-state index contributed by atoms with van der Waals surface area (Å²) in [5, 5.41) is 8.45. The Bertz CT molecular complexity index is 742. The summed E-state index contributed by atoms with van der Waals surface area (Å²) in [5.41, 5.74) is 1.81. The third-order valence-electron chi connectivity index (χ3n) is 3.91. The molecule has 0 aliphatic carbocycles. The second-order valence-corrected chi connectivity index (χ2v) is 5.81. The largest absolute Gasteiger partial charge is 0.375 e. The molecule has 0 bridgehead atoms. The van der Waals surface area contributed by atoms with E-state index in [-0.39, 0.29) is 18.4 Å². The number of hydrogen-bond acceptors (Lipinski definition) is 5. The van der Waals surface area contributed by atoms with Crippen LogP contribution in [0, 0.1) is 0 Å². The lowest BCUT2D eigenvalue weighted by Crippen LogP contribution is -2.39. The molecule has 3 rings (SSSR count). The fourth-order valence-corrected chi connectivity index (χ4v) is 2.67. The Morgan fingerprint density at radius 2 is 1.92 bits per heavy atom. The van der Waals surface area contributed by atoms with E-state index in [1.165, 1.54) is 0 Å². The predicted octanol–water partition coefficient (Wildman–Crippen LogP) is 3.17. The van der Waals surface area contributed by atoms with Crippen molar-refractivity contribution in [2.75, 3.05) is 19.8 Å². The summed E-state index contributed by atoms with van der Waals surface area (Å²) in [6.07, 6.45) is 8.37. The highest BCUT2D eigenvalue weighted by Gasteiger charge is 2.29. The van der Waals surface area contributed by atoms with Crippen LogP contribution in [-0.4, -0.2) is 47.0 Å². The number of rotatable bonds is 9. The Labute approximate surface area is 153 Å². The summed E-state index contributed by atoms with van der Waals surface area (Å²) in [5.74, 6) is 0. The molecule has 1 aromatic heterocycles. The third-order valence-corrected chi connectivity index (χ3v) is 3.91. The number of ether oxygens (including phenoxy) is 3. The number of hydrogen-bond donors (Lipinski definition) is 0. The van der Waals surface area contributed by atoms with Gasteiger partial charge < -0.3 is 14.2 Å². The minimum atomic E-state index is -0.360. The zero-order valence-electron chi connectivity index (χ0n) is 14.6. The van der Waals surface area contributed by atoms with Crippen LogP contribution < -0.4 is 0 Å². The number of nitrogens with zero attached hydrogens (tertiary/aromatic N) is 3. The topological polar surface area (TPSA) is 58.4 Å². The average Bonchev–Trinajstić information content (AvgIpc) is 3.18. The fraction of sp³-hybridized carbons (Fsp3) is 0.300. The molecular weight excluding hydrogens is 330 g/mol. The van der Waals surface area contributed by atoms with E-state index in [9.17, 15) is 0 Å². The molecule has 0 radical (unpaired) electrons. The maximum absolute atomic E-state index is 6.13. The molecule has 1 aliphatic heterocycles. The first-order valence-corrected chi connectivity index (χ1v) is 8.54. The maximum atomic E-state index is 6.13. The smallest absolute Gasteiger partial charge is 0.171 e. The second-order valence-electron chi connectivity index (χ2n) is 5.81. The summed E-state index contributed by atoms with van der Waals surface area (Å²) in [6.45, 7) is 8.65. The molecule has 1 aliphatic rings. The van der Waals surface area contributed by atoms with Crippen LogP contribution in [0.2, 0.25) is 0 Å². The molecule has 0 unspecified atom stereocenters. The Morgan fingerprint density at radius 3 is 2.69 bits per heavy atom. The minimum absolute atomic E-state index is 0.203. The number of benzene rings is 1. The molecule has 0 saturated heterocycles. The molecule has 0 fully saturated rings. The van der Waals surface area contributed by atoms with Gasteiger partial charge in [-0.15, -0.1) is 18.3 Å². The van der Waals surface area contributed by atoms with Crippen LogP contribution in [0.25, 0.3) is 11.3 Å². The van der Waals surface area contributed by atoms with E-state index in [0.29, 0.717) is 19.8 Å². The highest BCUT2D eigenvalue weighted by atomic mass is 16.6. The fourth-order valence-electron chi connectivity index (χ4n) is 2.67. The Hall–Kier alpha value is -2.54. The zero-order chi connectivity index (χ0) is 18.2. The summed E-state index contributed by atoms with van der Waals surface area (Å²) in [4.78, 5) is 0. The van der Waals surface area contributed by atoms with E-state index in [1.54, 1.807) is 16.8 Å². The van der Waals surface area contributed by atoms with Crippen molar-refractivity contribution in [2.45, 2.75) is 18.4 Å². The molecule has 0 spiro atoms. The molecule has 6 nitrogen and oxygen atoms in total. The van der Waals surface area contributed by atoms with E-state index in [0.717, 1.165) is 11.3 Å². The van der Waals surface area contributed by atoms with Gasteiger partial charge in [0, 0.05) is 5.56 Å². The molecule has 136 valence electrons. The van der Waals surface area contributed by atoms with Gasteiger partial charge in [-0.05, 0) is 6.08 Å². The molecule has 26 heavy (non-hydrogen) atoms. The van der Waals surface area contributed by atoms with Crippen molar-refractivity contribution in [2.24, 2.45) is 0 Å². The molecule has 0 saturated carbocycles. The van der Waals surface area contributed by atoms with Gasteiger partial charge in [-0.3, -0.25) is 0 Å². The standard InChI is InChI=1S/C20H23N3O3/c1-3-12-24-15-19-18(25-13-4-2)10-11-20(26-19)23-14-17(21-22-23)16-8-6-5-7-9-16/h3-11,14,18-20H,1-2,12-13,15H2/t18-,19+,20-/m0/s1. The van der Waals surface area contributed by atoms with Crippen molar-refractivity contribution in [3.05, 3.63) is 74.0 Å². The van der Waals surface area contributed by atoms with Crippen LogP contribution in [0.1, 0.15) is 6.23 Å². The monoisotopic (exact) mass is 353 g/mol. The van der Waals surface area contributed by atoms with Gasteiger partial charge in [0.05, 0.1) is 26.0 Å². The molecule has 0 N–H and O–H groups in total. The lowest BCUT2D eigenvalue weighted by Gasteiger charge is -2.31. The molecular formula is C20H23N3O3. The summed E-state index contributed by atoms with van der Waals surface area (Å²) >= 11 is 0. The van der Waals surface area contributed by atoms with E-state index >= 15 is 0 Å². The summed E-state index contributed by atoms with van der Waals surface area (Å²) in [7, 11) is 0. The van der Waals surface area contributed by atoms with Crippen molar-refractivity contribution in [3.8, 4) is 11.3 Å². The van der Waals surface area contributed by atoms with Gasteiger partial charge in [0.2, 0.25) is 0 Å². The third kappa shape index (κ3) is 4.54. The zero-order valence-corrected chi connectivity index (χ0v) is 14.6. The van der Waals surface area contributed by atoms with Gasteiger partial charge in [0.25, 0.3) is 0 Å². The van der Waals surface area contributed by atoms with E-state index in [1.807, 2.05) is 48.7 Å². The van der Waals surface area contributed by atoms with Gasteiger partial charge >= 0.3 is 0 Å². The molecule has 3 atom stereocenters. The maximum Gasteiger partial charge on any atom is 0.171 e. The van der Waals surface area contributed by atoms with Crippen LogP contribution >= 0.6 is 0 Å². The summed E-state index contributed by atoms with van der Waals surface area (Å²) in [6, 6.07) is 9.91. The van der Waals surface area contributed by atoms with Gasteiger partial charge in [0.15, 0.2) is 6.23 Å². The number of aromatic nitrogens is 3. The lowest BCUT2D eigenvalue weighted by molar-refractivity contribution is -0.129. The second kappa shape index (κ2) is 9.24. The summed E-state index contributed by atoms with van der Waals surface area (Å²) < 4.78 is 19.1. The van der Waals surface area contributed by atoms with Crippen molar-refractivity contribution >= 4 is 0 Å². The molecule has 2 heterocycles. The average molecular weight is 353 g/mol. The minimum Gasteiger partial charge on any atom is -0.375 e. The normalized spacial score (nSPS) is 22.2. The van der Waals surface area contributed by atoms with Gasteiger partial charge in [-0.2, -0.15) is 0 Å². The molecule has 1 aromatic carbocycles. The SMILES string of the molecule is C=CCOC[C@H]1O[C@H](n2cc(-c3ccccc3)nn2)C=C[C@@H]1OCC=C. The quantitative estimate of drug-likeness (QED) is 0.512.